The minimum Gasteiger partial charge on any atom is -0.382 e. The number of carbonyl (C=O) groups is 2. The molecule has 0 bridgehead atoms. The number of rotatable bonds is 6. The molecule has 4 atom stereocenters. The average molecular weight is 595 g/mol. The molecule has 3 aliphatic rings. The molecule has 228 valence electrons. The zero-order chi connectivity index (χ0) is 30.4. The van der Waals surface area contributed by atoms with Crippen LogP contribution in [0.1, 0.15) is 78.9 Å². The lowest BCUT2D eigenvalue weighted by atomic mass is 9.76. The normalized spacial score (nSPS) is 23.6. The summed E-state index contributed by atoms with van der Waals surface area (Å²) in [5.41, 5.74) is 4.76. The largest absolute Gasteiger partial charge is 0.382 e. The molecule has 44 heavy (non-hydrogen) atoms. The number of benzene rings is 2. The van der Waals surface area contributed by atoms with E-state index in [0.717, 1.165) is 41.5 Å². The molecule has 3 fully saturated rings. The summed E-state index contributed by atoms with van der Waals surface area (Å²) in [5.74, 6) is -1.40. The van der Waals surface area contributed by atoms with Crippen LogP contribution < -0.4 is 10.6 Å². The van der Waals surface area contributed by atoms with Crippen LogP contribution in [0.3, 0.4) is 0 Å². The van der Waals surface area contributed by atoms with Gasteiger partial charge in [-0.15, -0.1) is 0 Å². The highest BCUT2D eigenvalue weighted by Crippen LogP contribution is 2.49. The van der Waals surface area contributed by atoms with Gasteiger partial charge in [0.25, 0.3) is 5.91 Å². The fraction of sp³-hybridized carbons (Fsp3) is 0.429. The summed E-state index contributed by atoms with van der Waals surface area (Å²) in [6, 6.07) is 14.7. The van der Waals surface area contributed by atoms with Gasteiger partial charge in [0.05, 0.1) is 41.1 Å². The summed E-state index contributed by atoms with van der Waals surface area (Å²) in [5, 5.41) is 11.0. The van der Waals surface area contributed by atoms with E-state index in [0.29, 0.717) is 23.7 Å². The van der Waals surface area contributed by atoms with Crippen LogP contribution in [0.2, 0.25) is 0 Å². The van der Waals surface area contributed by atoms with Gasteiger partial charge in [-0.05, 0) is 80.3 Å². The van der Waals surface area contributed by atoms with Crippen LogP contribution >= 0.6 is 0 Å². The van der Waals surface area contributed by atoms with E-state index in [-0.39, 0.29) is 29.3 Å². The molecule has 1 aliphatic heterocycles. The van der Waals surface area contributed by atoms with Gasteiger partial charge in [0, 0.05) is 24.8 Å². The Balaban J connectivity index is 1.27. The molecule has 1 saturated heterocycles. The van der Waals surface area contributed by atoms with Crippen molar-refractivity contribution < 1.29 is 14.0 Å². The first-order chi connectivity index (χ1) is 21.4. The van der Waals surface area contributed by atoms with Gasteiger partial charge in [0.15, 0.2) is 0 Å². The average Bonchev–Trinajstić information content (AvgIpc) is 3.79. The number of fused-ring (bicyclic) bond motifs is 2. The molecule has 0 spiro atoms. The quantitative estimate of drug-likeness (QED) is 0.257. The SMILES string of the molecule is Cc1cccc(F)c1C(=O)N1C2CCC[C@@H]2CC(C(=O)Nc2cnc3cnn(C)c3c2)[C@@H]1c1ccc(NC2CCCC2)cc1. The van der Waals surface area contributed by atoms with Gasteiger partial charge in [0.1, 0.15) is 11.3 Å². The summed E-state index contributed by atoms with van der Waals surface area (Å²) < 4.78 is 17.0. The highest BCUT2D eigenvalue weighted by atomic mass is 19.1. The molecule has 9 heteroatoms. The van der Waals surface area contributed by atoms with Crippen molar-refractivity contribution in [3.63, 3.8) is 0 Å². The zero-order valence-corrected chi connectivity index (χ0v) is 25.3. The molecule has 2 unspecified atom stereocenters. The number of pyridine rings is 1. The molecule has 2 aromatic heterocycles. The lowest BCUT2D eigenvalue weighted by Gasteiger charge is -2.48. The summed E-state index contributed by atoms with van der Waals surface area (Å²) in [6.07, 6.45) is 11.6. The molecule has 2 aliphatic carbocycles. The number of likely N-dealkylation sites (tertiary alicyclic amines) is 1. The van der Waals surface area contributed by atoms with E-state index in [1.54, 1.807) is 36.1 Å². The standard InChI is InChI=1S/C35H39FN6O2/c1-21-7-5-11-28(36)32(21)35(44)42-30-12-6-8-23(30)17-27(34(43)40-26-18-31-29(37-19-26)20-38-41(31)2)33(42)22-13-15-25(16-14-22)39-24-9-3-4-10-24/h5,7,11,13-16,18-20,23-24,27,30,33,39H,3-4,6,8-10,12,17H2,1-2H3,(H,40,43)/t23-,27?,30?,33+/m1/s1. The third kappa shape index (κ3) is 5.22. The minimum absolute atomic E-state index is 0.0562. The summed E-state index contributed by atoms with van der Waals surface area (Å²) in [6.45, 7) is 1.77. The van der Waals surface area contributed by atoms with E-state index in [4.69, 9.17) is 0 Å². The maximum absolute atomic E-state index is 15.3. The van der Waals surface area contributed by atoms with Crippen molar-refractivity contribution in [2.45, 2.75) is 76.4 Å². The number of aryl methyl sites for hydroxylation is 2. The molecule has 2 saturated carbocycles. The first-order valence-corrected chi connectivity index (χ1v) is 15.9. The third-order valence-electron chi connectivity index (χ3n) is 10.1. The Morgan fingerprint density at radius 3 is 2.52 bits per heavy atom. The number of amides is 2. The smallest absolute Gasteiger partial charge is 0.257 e. The van der Waals surface area contributed by atoms with Crippen LogP contribution in [-0.4, -0.2) is 43.6 Å². The Labute approximate surface area is 257 Å². The van der Waals surface area contributed by atoms with Crippen molar-refractivity contribution in [1.29, 1.82) is 0 Å². The number of hydrogen-bond acceptors (Lipinski definition) is 5. The van der Waals surface area contributed by atoms with Gasteiger partial charge < -0.3 is 15.5 Å². The molecule has 0 radical (unpaired) electrons. The first kappa shape index (κ1) is 28.5. The van der Waals surface area contributed by atoms with Crippen LogP contribution in [0.4, 0.5) is 15.8 Å². The second kappa shape index (κ2) is 11.7. The van der Waals surface area contributed by atoms with E-state index < -0.39 is 17.8 Å². The number of hydrogen-bond donors (Lipinski definition) is 2. The molecule has 4 aromatic rings. The fourth-order valence-electron chi connectivity index (χ4n) is 7.88. The molecule has 2 amide bonds. The molecule has 8 nitrogen and oxygen atoms in total. The van der Waals surface area contributed by atoms with Gasteiger partial charge in [-0.2, -0.15) is 5.10 Å². The van der Waals surface area contributed by atoms with Gasteiger partial charge in [-0.1, -0.05) is 43.5 Å². The second-order valence-corrected chi connectivity index (χ2v) is 12.8. The lowest BCUT2D eigenvalue weighted by molar-refractivity contribution is -0.125. The second-order valence-electron chi connectivity index (χ2n) is 12.8. The highest BCUT2D eigenvalue weighted by molar-refractivity contribution is 5.99. The molecule has 2 N–H and O–H groups in total. The number of carbonyl (C=O) groups excluding carboxylic acids is 2. The van der Waals surface area contributed by atoms with Crippen molar-refractivity contribution >= 4 is 34.2 Å². The van der Waals surface area contributed by atoms with Crippen molar-refractivity contribution in [2.24, 2.45) is 18.9 Å². The Morgan fingerprint density at radius 2 is 1.75 bits per heavy atom. The Hall–Kier alpha value is -4.27. The van der Waals surface area contributed by atoms with Crippen LogP contribution in [-0.2, 0) is 11.8 Å². The number of aromatic nitrogens is 3. The third-order valence-corrected chi connectivity index (χ3v) is 10.1. The predicted octanol–water partition coefficient (Wildman–Crippen LogP) is 6.78. The monoisotopic (exact) mass is 594 g/mol. The van der Waals surface area contributed by atoms with E-state index in [2.05, 4.69) is 32.8 Å². The Morgan fingerprint density at radius 1 is 0.955 bits per heavy atom. The van der Waals surface area contributed by atoms with Gasteiger partial charge in [0.2, 0.25) is 5.91 Å². The van der Waals surface area contributed by atoms with Crippen molar-refractivity contribution in [3.8, 4) is 0 Å². The maximum atomic E-state index is 15.3. The highest BCUT2D eigenvalue weighted by Gasteiger charge is 2.50. The number of anilines is 2. The van der Waals surface area contributed by atoms with E-state index in [9.17, 15) is 9.59 Å². The zero-order valence-electron chi connectivity index (χ0n) is 25.3. The molecule has 3 heterocycles. The summed E-state index contributed by atoms with van der Waals surface area (Å²) >= 11 is 0. The van der Waals surface area contributed by atoms with Gasteiger partial charge >= 0.3 is 0 Å². The van der Waals surface area contributed by atoms with Crippen molar-refractivity contribution in [3.05, 3.63) is 83.4 Å². The molecule has 7 rings (SSSR count). The van der Waals surface area contributed by atoms with Gasteiger partial charge in [-0.25, -0.2) is 4.39 Å². The number of nitrogens with zero attached hydrogens (tertiary/aromatic N) is 4. The van der Waals surface area contributed by atoms with Crippen LogP contribution in [0.15, 0.2) is 60.9 Å². The van der Waals surface area contributed by atoms with Crippen molar-refractivity contribution in [2.75, 3.05) is 10.6 Å². The minimum atomic E-state index is -0.546. The number of piperidine rings is 1. The van der Waals surface area contributed by atoms with Crippen LogP contribution in [0.5, 0.6) is 0 Å². The Bertz CT molecular complexity index is 1680. The number of halogens is 1. The molecular weight excluding hydrogens is 555 g/mol. The van der Waals surface area contributed by atoms with Crippen molar-refractivity contribution in [1.82, 2.24) is 19.7 Å². The topological polar surface area (TPSA) is 92.2 Å². The lowest BCUT2D eigenvalue weighted by Crippen LogP contribution is -2.54. The number of nitrogens with one attached hydrogen (secondary N) is 2. The van der Waals surface area contributed by atoms with E-state index >= 15 is 4.39 Å². The van der Waals surface area contributed by atoms with E-state index in [1.165, 1.54) is 31.7 Å². The van der Waals surface area contributed by atoms with Crippen LogP contribution in [0, 0.1) is 24.6 Å². The van der Waals surface area contributed by atoms with E-state index in [1.807, 2.05) is 30.1 Å². The summed E-state index contributed by atoms with van der Waals surface area (Å²) in [7, 11) is 1.84. The summed E-state index contributed by atoms with van der Waals surface area (Å²) in [4.78, 5) is 35.0. The van der Waals surface area contributed by atoms with Gasteiger partial charge in [-0.3, -0.25) is 19.3 Å². The first-order valence-electron chi connectivity index (χ1n) is 15.9. The molecular formula is C35H39FN6O2. The van der Waals surface area contributed by atoms with Crippen LogP contribution in [0.25, 0.3) is 11.0 Å². The predicted molar refractivity (Wildman–Crippen MR) is 169 cm³/mol. The molecule has 2 aromatic carbocycles. The fourth-order valence-corrected chi connectivity index (χ4v) is 7.88. The maximum Gasteiger partial charge on any atom is 0.257 e. The Kier molecular flexibility index (Phi) is 7.56.